The highest BCUT2D eigenvalue weighted by atomic mass is 15.0. The Bertz CT molecular complexity index is 152. The molecule has 0 aromatic heterocycles. The van der Waals surface area contributed by atoms with E-state index in [0.29, 0.717) is 0 Å². The maximum atomic E-state index is 3.58. The Morgan fingerprint density at radius 1 is 1.31 bits per heavy atom. The molecule has 2 aliphatic rings. The molecule has 0 amide bonds. The molecule has 3 unspecified atom stereocenters. The number of hydrogen-bond donors (Lipinski definition) is 2. The molecule has 76 valence electrons. The zero-order valence-electron chi connectivity index (χ0n) is 8.68. The molecule has 2 heteroatoms. The van der Waals surface area contributed by atoms with E-state index in [2.05, 4.69) is 17.6 Å². The topological polar surface area (TPSA) is 24.1 Å². The zero-order chi connectivity index (χ0) is 9.10. The fourth-order valence-electron chi connectivity index (χ4n) is 2.22. The highest BCUT2D eigenvalue weighted by Gasteiger charge is 2.31. The van der Waals surface area contributed by atoms with Crippen molar-refractivity contribution in [3.05, 3.63) is 0 Å². The van der Waals surface area contributed by atoms with Crippen molar-refractivity contribution in [2.24, 2.45) is 11.8 Å². The van der Waals surface area contributed by atoms with Crippen LogP contribution in [0.3, 0.4) is 0 Å². The van der Waals surface area contributed by atoms with Crippen molar-refractivity contribution in [3.63, 3.8) is 0 Å². The third-order valence-electron chi connectivity index (χ3n) is 3.49. The largest absolute Gasteiger partial charge is 0.315 e. The van der Waals surface area contributed by atoms with E-state index >= 15 is 0 Å². The summed E-state index contributed by atoms with van der Waals surface area (Å²) in [5.41, 5.74) is 0. The Morgan fingerprint density at radius 2 is 2.15 bits per heavy atom. The third kappa shape index (κ3) is 2.96. The number of hydrogen-bond acceptors (Lipinski definition) is 2. The minimum absolute atomic E-state index is 0.753. The molecule has 2 nitrogen and oxygen atoms in total. The predicted octanol–water partition coefficient (Wildman–Crippen LogP) is 1.37. The first kappa shape index (κ1) is 9.47. The molecule has 1 saturated heterocycles. The highest BCUT2D eigenvalue weighted by Crippen LogP contribution is 2.36. The van der Waals surface area contributed by atoms with Gasteiger partial charge in [0.25, 0.3) is 0 Å². The monoisotopic (exact) mass is 182 g/mol. The lowest BCUT2D eigenvalue weighted by atomic mass is 10.1. The van der Waals surface area contributed by atoms with Gasteiger partial charge in [0, 0.05) is 12.6 Å². The van der Waals surface area contributed by atoms with Gasteiger partial charge < -0.3 is 10.6 Å². The Hall–Kier alpha value is -0.0800. The molecule has 0 radical (unpaired) electrons. The summed E-state index contributed by atoms with van der Waals surface area (Å²) in [5.74, 6) is 1.98. The van der Waals surface area contributed by atoms with E-state index < -0.39 is 0 Å². The number of piperidine rings is 1. The molecular formula is C11H22N2. The van der Waals surface area contributed by atoms with Gasteiger partial charge in [0.05, 0.1) is 0 Å². The molecule has 0 aromatic carbocycles. The van der Waals surface area contributed by atoms with E-state index in [1.54, 1.807) is 0 Å². The Labute approximate surface area is 81.5 Å². The summed E-state index contributed by atoms with van der Waals surface area (Å²) in [5, 5.41) is 7.15. The maximum absolute atomic E-state index is 3.58. The van der Waals surface area contributed by atoms with Crippen LogP contribution in [0.1, 0.15) is 32.6 Å². The Morgan fingerprint density at radius 3 is 2.77 bits per heavy atom. The maximum Gasteiger partial charge on any atom is 0.0192 e. The zero-order valence-corrected chi connectivity index (χ0v) is 8.68. The van der Waals surface area contributed by atoms with E-state index in [4.69, 9.17) is 0 Å². The lowest BCUT2D eigenvalue weighted by molar-refractivity contribution is 0.380. The third-order valence-corrected chi connectivity index (χ3v) is 3.49. The predicted molar refractivity (Wildman–Crippen MR) is 55.8 cm³/mol. The van der Waals surface area contributed by atoms with Crippen molar-refractivity contribution in [2.75, 3.05) is 19.6 Å². The Balaban J connectivity index is 1.51. The van der Waals surface area contributed by atoms with Crippen molar-refractivity contribution in [3.8, 4) is 0 Å². The van der Waals surface area contributed by atoms with Crippen LogP contribution in [-0.2, 0) is 0 Å². The second kappa shape index (κ2) is 4.43. The second-order valence-corrected chi connectivity index (χ2v) is 4.78. The molecular weight excluding hydrogens is 160 g/mol. The summed E-state index contributed by atoms with van der Waals surface area (Å²) in [4.78, 5) is 0. The van der Waals surface area contributed by atoms with Gasteiger partial charge in [0.2, 0.25) is 0 Å². The van der Waals surface area contributed by atoms with Gasteiger partial charge >= 0.3 is 0 Å². The van der Waals surface area contributed by atoms with Gasteiger partial charge in [-0.05, 0) is 44.2 Å². The standard InChI is InChI=1S/C11H22N2/c1-9-6-10(9)7-12-8-11-4-2-3-5-13-11/h9-13H,2-8H2,1H3. The average molecular weight is 182 g/mol. The molecule has 2 fully saturated rings. The second-order valence-electron chi connectivity index (χ2n) is 4.78. The molecule has 2 N–H and O–H groups in total. The van der Waals surface area contributed by atoms with Crippen LogP contribution in [0.25, 0.3) is 0 Å². The van der Waals surface area contributed by atoms with Crippen molar-refractivity contribution >= 4 is 0 Å². The molecule has 0 aromatic rings. The SMILES string of the molecule is CC1CC1CNCC1CCCCN1. The van der Waals surface area contributed by atoms with Crippen LogP contribution in [0.2, 0.25) is 0 Å². The van der Waals surface area contributed by atoms with Gasteiger partial charge in [-0.2, -0.15) is 0 Å². The van der Waals surface area contributed by atoms with Crippen LogP contribution in [0.15, 0.2) is 0 Å². The van der Waals surface area contributed by atoms with Gasteiger partial charge in [0.15, 0.2) is 0 Å². The van der Waals surface area contributed by atoms with E-state index in [1.165, 1.54) is 45.3 Å². The molecule has 1 saturated carbocycles. The summed E-state index contributed by atoms with van der Waals surface area (Å²) in [6.45, 7) is 6.01. The summed E-state index contributed by atoms with van der Waals surface area (Å²) < 4.78 is 0. The lowest BCUT2D eigenvalue weighted by Gasteiger charge is -2.23. The smallest absolute Gasteiger partial charge is 0.0192 e. The van der Waals surface area contributed by atoms with Crippen molar-refractivity contribution in [1.82, 2.24) is 10.6 Å². The van der Waals surface area contributed by atoms with E-state index in [1.807, 2.05) is 0 Å². The van der Waals surface area contributed by atoms with Crippen molar-refractivity contribution in [1.29, 1.82) is 0 Å². The first-order valence-corrected chi connectivity index (χ1v) is 5.80. The molecule has 3 atom stereocenters. The molecule has 0 spiro atoms. The van der Waals surface area contributed by atoms with Gasteiger partial charge in [-0.25, -0.2) is 0 Å². The van der Waals surface area contributed by atoms with Gasteiger partial charge in [0.1, 0.15) is 0 Å². The van der Waals surface area contributed by atoms with Crippen LogP contribution < -0.4 is 10.6 Å². The van der Waals surface area contributed by atoms with Crippen molar-refractivity contribution < 1.29 is 0 Å². The number of nitrogens with one attached hydrogen (secondary N) is 2. The van der Waals surface area contributed by atoms with E-state index in [-0.39, 0.29) is 0 Å². The summed E-state index contributed by atoms with van der Waals surface area (Å²) >= 11 is 0. The summed E-state index contributed by atoms with van der Waals surface area (Å²) in [6.07, 6.45) is 5.60. The van der Waals surface area contributed by atoms with Crippen LogP contribution in [0, 0.1) is 11.8 Å². The molecule has 1 heterocycles. The van der Waals surface area contributed by atoms with Crippen LogP contribution in [0.4, 0.5) is 0 Å². The molecule has 0 bridgehead atoms. The normalized spacial score (nSPS) is 39.0. The lowest BCUT2D eigenvalue weighted by Crippen LogP contribution is -2.42. The molecule has 1 aliphatic carbocycles. The highest BCUT2D eigenvalue weighted by molar-refractivity contribution is 4.85. The summed E-state index contributed by atoms with van der Waals surface area (Å²) in [7, 11) is 0. The fourth-order valence-corrected chi connectivity index (χ4v) is 2.22. The molecule has 1 aliphatic heterocycles. The van der Waals surface area contributed by atoms with Crippen LogP contribution >= 0.6 is 0 Å². The first-order valence-electron chi connectivity index (χ1n) is 5.80. The van der Waals surface area contributed by atoms with Gasteiger partial charge in [-0.3, -0.25) is 0 Å². The average Bonchev–Trinajstić information content (AvgIpc) is 2.84. The fraction of sp³-hybridized carbons (Fsp3) is 1.00. The van der Waals surface area contributed by atoms with Gasteiger partial charge in [-0.15, -0.1) is 0 Å². The van der Waals surface area contributed by atoms with Crippen LogP contribution in [0.5, 0.6) is 0 Å². The molecule has 13 heavy (non-hydrogen) atoms. The first-order chi connectivity index (χ1) is 6.36. The molecule has 2 rings (SSSR count). The van der Waals surface area contributed by atoms with Crippen LogP contribution in [-0.4, -0.2) is 25.7 Å². The van der Waals surface area contributed by atoms with Crippen molar-refractivity contribution in [2.45, 2.75) is 38.6 Å². The Kier molecular flexibility index (Phi) is 3.23. The number of rotatable bonds is 4. The van der Waals surface area contributed by atoms with E-state index in [0.717, 1.165) is 17.9 Å². The van der Waals surface area contributed by atoms with E-state index in [9.17, 15) is 0 Å². The summed E-state index contributed by atoms with van der Waals surface area (Å²) in [6, 6.07) is 0.753. The van der Waals surface area contributed by atoms with Gasteiger partial charge in [-0.1, -0.05) is 13.3 Å². The quantitative estimate of drug-likeness (QED) is 0.686. The minimum atomic E-state index is 0.753. The minimum Gasteiger partial charge on any atom is -0.315 e.